The van der Waals surface area contributed by atoms with Crippen LogP contribution in [0.2, 0.25) is 0 Å². The van der Waals surface area contributed by atoms with Crippen molar-refractivity contribution in [1.29, 1.82) is 0 Å². The molecule has 4 nitrogen and oxygen atoms in total. The summed E-state index contributed by atoms with van der Waals surface area (Å²) in [7, 11) is 0.966. The fourth-order valence-electron chi connectivity index (χ4n) is 1.39. The summed E-state index contributed by atoms with van der Waals surface area (Å²) in [5.41, 5.74) is -6.34. The minimum Gasteiger partial charge on any atom is -0.480 e. The smallest absolute Gasteiger partial charge is 0.435 e. The third kappa shape index (κ3) is 4.38. The predicted molar refractivity (Wildman–Crippen MR) is 52.0 cm³/mol. The maximum atomic E-state index is 12.4. The van der Waals surface area contributed by atoms with Crippen molar-refractivity contribution in [1.82, 2.24) is 4.90 Å². The van der Waals surface area contributed by atoms with Crippen LogP contribution in [0.1, 0.15) is 0 Å². The molecule has 0 aliphatic rings. The highest BCUT2D eigenvalue weighted by Crippen LogP contribution is 2.54. The second-order valence-electron chi connectivity index (χ2n) is 4.15. The molecule has 0 heterocycles. The first-order valence-corrected chi connectivity index (χ1v) is 5.30. The number of carboxylic acid groups (broad SMARTS) is 1. The summed E-state index contributed by atoms with van der Waals surface area (Å²) in [4.78, 5) is 10.9. The van der Waals surface area contributed by atoms with Crippen LogP contribution in [-0.4, -0.2) is 66.8 Å². The summed E-state index contributed by atoms with van der Waals surface area (Å²) < 4.78 is 115. The van der Waals surface area contributed by atoms with E-state index in [0.717, 1.165) is 7.05 Å². The Morgan fingerprint density at radius 1 is 0.955 bits per heavy atom. The van der Waals surface area contributed by atoms with Gasteiger partial charge in [-0.15, -0.1) is 0 Å². The number of carbonyl (C=O) groups is 1. The van der Waals surface area contributed by atoms with Crippen LogP contribution in [0.5, 0.6) is 0 Å². The first kappa shape index (κ1) is 20.8. The molecule has 0 radical (unpaired) electrons. The molecule has 0 aromatic heterocycles. The Morgan fingerprint density at radius 2 is 1.32 bits per heavy atom. The fourth-order valence-corrected chi connectivity index (χ4v) is 1.39. The molecular weight excluding hydrogens is 341 g/mol. The monoisotopic (exact) mass is 351 g/mol. The Labute approximate surface area is 117 Å². The van der Waals surface area contributed by atoms with E-state index >= 15 is 0 Å². The number of ether oxygens (including phenoxy) is 1. The number of halogens is 9. The van der Waals surface area contributed by atoms with E-state index in [4.69, 9.17) is 5.11 Å². The highest BCUT2D eigenvalue weighted by Gasteiger charge is 2.85. The van der Waals surface area contributed by atoms with Gasteiger partial charge in [0.2, 0.25) is 0 Å². The number of carboxylic acids is 1. The Kier molecular flexibility index (Phi) is 6.11. The molecule has 0 aliphatic heterocycles. The summed E-state index contributed by atoms with van der Waals surface area (Å²) in [5, 5.41) is 8.31. The molecule has 22 heavy (non-hydrogen) atoms. The summed E-state index contributed by atoms with van der Waals surface area (Å²) in [6.07, 6.45) is -20.4. The van der Waals surface area contributed by atoms with Gasteiger partial charge < -0.3 is 9.84 Å². The largest absolute Gasteiger partial charge is 0.480 e. The van der Waals surface area contributed by atoms with Gasteiger partial charge in [-0.2, -0.15) is 39.5 Å². The van der Waals surface area contributed by atoms with E-state index < -0.39 is 49.8 Å². The Bertz CT molecular complexity index is 351. The number of nitrogens with zero attached hydrogens (tertiary/aromatic N) is 1. The number of alkyl halides is 9. The van der Waals surface area contributed by atoms with Crippen molar-refractivity contribution in [3.05, 3.63) is 0 Å². The van der Waals surface area contributed by atoms with Crippen LogP contribution in [0.4, 0.5) is 39.5 Å². The van der Waals surface area contributed by atoms with E-state index in [1.54, 1.807) is 0 Å². The topological polar surface area (TPSA) is 49.8 Å². The van der Waals surface area contributed by atoms with Crippen LogP contribution in [0, 0.1) is 0 Å². The minimum atomic E-state index is -6.80. The molecule has 13 heteroatoms. The Hall–Kier alpha value is -1.24. The van der Waals surface area contributed by atoms with Gasteiger partial charge in [0, 0.05) is 6.54 Å². The lowest BCUT2D eigenvalue weighted by atomic mass is 10.0. The molecule has 0 spiro atoms. The van der Waals surface area contributed by atoms with Gasteiger partial charge in [-0.05, 0) is 7.05 Å². The van der Waals surface area contributed by atoms with Crippen LogP contribution >= 0.6 is 0 Å². The van der Waals surface area contributed by atoms with Gasteiger partial charge in [0.1, 0.15) is 0 Å². The second kappa shape index (κ2) is 6.48. The van der Waals surface area contributed by atoms with Crippen LogP contribution < -0.4 is 0 Å². The first-order chi connectivity index (χ1) is 9.56. The average Bonchev–Trinajstić information content (AvgIpc) is 2.16. The summed E-state index contributed by atoms with van der Waals surface area (Å²) >= 11 is 0. The zero-order valence-corrected chi connectivity index (χ0v) is 10.7. The lowest BCUT2D eigenvalue weighted by Gasteiger charge is -2.38. The van der Waals surface area contributed by atoms with Crippen LogP contribution in [-0.2, 0) is 9.53 Å². The summed E-state index contributed by atoms with van der Waals surface area (Å²) in [6, 6.07) is 0. The quantitative estimate of drug-likeness (QED) is 0.747. The van der Waals surface area contributed by atoms with Crippen molar-refractivity contribution in [3.8, 4) is 0 Å². The van der Waals surface area contributed by atoms with Crippen molar-refractivity contribution < 1.29 is 54.2 Å². The highest BCUT2D eigenvalue weighted by molar-refractivity contribution is 5.68. The van der Waals surface area contributed by atoms with Crippen molar-refractivity contribution in [2.24, 2.45) is 0 Å². The molecule has 0 aliphatic carbocycles. The molecule has 1 N–H and O–H groups in total. The standard InChI is InChI=1S/C9H10F9NO3/c1-19(4-5(20)21)2-3-22-6(7(10,11)12,8(13,14)15)9(16,17)18/h2-4H2,1H3,(H,20,21). The maximum Gasteiger partial charge on any atom is 0.435 e. The van der Waals surface area contributed by atoms with Crippen LogP contribution in [0.3, 0.4) is 0 Å². The van der Waals surface area contributed by atoms with Gasteiger partial charge in [-0.25, -0.2) is 0 Å². The molecule has 0 aromatic rings. The normalized spacial score (nSPS) is 14.5. The van der Waals surface area contributed by atoms with E-state index in [2.05, 4.69) is 4.74 Å². The minimum absolute atomic E-state index is 0.677. The number of likely N-dealkylation sites (N-methyl/N-ethyl adjacent to an activating group) is 1. The maximum absolute atomic E-state index is 12.4. The molecule has 0 saturated carbocycles. The molecule has 0 saturated heterocycles. The zero-order valence-electron chi connectivity index (χ0n) is 10.7. The first-order valence-electron chi connectivity index (χ1n) is 5.30. The van der Waals surface area contributed by atoms with Gasteiger partial charge >= 0.3 is 30.1 Å². The summed E-state index contributed by atoms with van der Waals surface area (Å²) in [6.45, 7) is -3.33. The molecule has 0 amide bonds. The number of hydrogen-bond acceptors (Lipinski definition) is 3. The highest BCUT2D eigenvalue weighted by atomic mass is 19.4. The van der Waals surface area contributed by atoms with Crippen molar-refractivity contribution in [2.45, 2.75) is 24.1 Å². The number of hydrogen-bond donors (Lipinski definition) is 1. The van der Waals surface area contributed by atoms with E-state index in [0.29, 0.717) is 4.90 Å². The van der Waals surface area contributed by atoms with Gasteiger partial charge in [0.15, 0.2) is 0 Å². The van der Waals surface area contributed by atoms with Crippen molar-refractivity contribution >= 4 is 5.97 Å². The van der Waals surface area contributed by atoms with Crippen LogP contribution in [0.15, 0.2) is 0 Å². The Balaban J connectivity index is 5.33. The molecule has 0 fully saturated rings. The Morgan fingerprint density at radius 3 is 1.59 bits per heavy atom. The SMILES string of the molecule is CN(CCOC(C(F)(F)F)(C(F)(F)F)C(F)(F)F)CC(=O)O. The number of aliphatic carboxylic acids is 1. The van der Waals surface area contributed by atoms with E-state index in [1.165, 1.54) is 0 Å². The second-order valence-corrected chi connectivity index (χ2v) is 4.15. The molecule has 0 unspecified atom stereocenters. The van der Waals surface area contributed by atoms with Crippen LogP contribution in [0.25, 0.3) is 0 Å². The molecule has 132 valence electrons. The third-order valence-corrected chi connectivity index (χ3v) is 2.39. The van der Waals surface area contributed by atoms with E-state index in [9.17, 15) is 44.3 Å². The third-order valence-electron chi connectivity index (χ3n) is 2.39. The van der Waals surface area contributed by atoms with Gasteiger partial charge in [-0.1, -0.05) is 0 Å². The molecular formula is C9H10F9NO3. The lowest BCUT2D eigenvalue weighted by molar-refractivity contribution is -0.457. The van der Waals surface area contributed by atoms with Gasteiger partial charge in [0.25, 0.3) is 0 Å². The summed E-state index contributed by atoms with van der Waals surface area (Å²) in [5.74, 6) is -1.48. The van der Waals surface area contributed by atoms with E-state index in [1.807, 2.05) is 0 Å². The molecule has 0 aromatic carbocycles. The number of rotatable bonds is 6. The van der Waals surface area contributed by atoms with Crippen molar-refractivity contribution in [3.63, 3.8) is 0 Å². The lowest BCUT2D eigenvalue weighted by Crippen LogP contribution is -2.68. The molecule has 0 atom stereocenters. The average molecular weight is 351 g/mol. The molecule has 0 bridgehead atoms. The van der Waals surface area contributed by atoms with Crippen molar-refractivity contribution in [2.75, 3.05) is 26.7 Å². The van der Waals surface area contributed by atoms with Gasteiger partial charge in [-0.3, -0.25) is 9.69 Å². The van der Waals surface area contributed by atoms with Gasteiger partial charge in [0.05, 0.1) is 13.2 Å². The predicted octanol–water partition coefficient (Wildman–Crippen LogP) is 2.45. The van der Waals surface area contributed by atoms with E-state index in [-0.39, 0.29) is 0 Å². The fraction of sp³-hybridized carbons (Fsp3) is 0.889. The zero-order chi connectivity index (χ0) is 18.0. The molecule has 0 rings (SSSR count).